The summed E-state index contributed by atoms with van der Waals surface area (Å²) in [4.78, 5) is 25.9. The summed E-state index contributed by atoms with van der Waals surface area (Å²) < 4.78 is 48.8. The molecule has 0 aliphatic rings. The number of aromatic nitrogens is 2. The lowest BCUT2D eigenvalue weighted by Gasteiger charge is -2.14. The topological polar surface area (TPSA) is 96.7 Å². The molecule has 0 bridgehead atoms. The van der Waals surface area contributed by atoms with Crippen molar-refractivity contribution < 1.29 is 37.0 Å². The van der Waals surface area contributed by atoms with E-state index in [1.54, 1.807) is 24.3 Å². The molecule has 4 rings (SSSR count). The number of hydrogen-bond acceptors (Lipinski definition) is 5. The lowest BCUT2D eigenvalue weighted by Crippen LogP contribution is -2.33. The average Bonchev–Trinajstić information content (AvgIpc) is 3.17. The van der Waals surface area contributed by atoms with Crippen LogP contribution in [0.4, 0.5) is 18.9 Å². The molecular weight excluding hydrogens is 509 g/mol. The van der Waals surface area contributed by atoms with Crippen LogP contribution in [0, 0.1) is 0 Å². The number of carbonyl (C=O) groups excluding carboxylic acids is 2. The van der Waals surface area contributed by atoms with Crippen LogP contribution >= 0.6 is 0 Å². The molecule has 3 N–H and O–H groups in total. The van der Waals surface area contributed by atoms with Gasteiger partial charge in [0.15, 0.2) is 11.4 Å². The molecule has 0 unspecified atom stereocenters. The summed E-state index contributed by atoms with van der Waals surface area (Å²) in [6, 6.07) is 14.4. The third-order valence-electron chi connectivity index (χ3n) is 5.49. The number of rotatable bonds is 7. The van der Waals surface area contributed by atoms with Crippen molar-refractivity contribution in [3.05, 3.63) is 83.7 Å². The first-order chi connectivity index (χ1) is 17.7. The Bertz CT molecular complexity index is 1490. The molecule has 0 atom stereocenters. The molecule has 8 nitrogen and oxygen atoms in total. The van der Waals surface area contributed by atoms with Crippen LogP contribution in [0.2, 0.25) is 0 Å². The molecule has 0 radical (unpaired) electrons. The van der Waals surface area contributed by atoms with Gasteiger partial charge in [-0.2, -0.15) is 17.6 Å². The summed E-state index contributed by atoms with van der Waals surface area (Å²) >= 11 is 5.63. The van der Waals surface area contributed by atoms with Gasteiger partial charge in [-0.05, 0) is 30.3 Å². The molecule has 0 saturated carbocycles. The maximum atomic E-state index is 13.5. The molecular formula is C25H21F3N4O4S. The minimum Gasteiger partial charge on any atom is -0.732 e. The van der Waals surface area contributed by atoms with Crippen LogP contribution in [-0.4, -0.2) is 41.7 Å². The fraction of sp³-hybridized carbons (Fsp3) is 0.160. The predicted octanol–water partition coefficient (Wildman–Crippen LogP) is 3.12. The number of methoxy groups -OCH3 is 1. The Morgan fingerprint density at radius 1 is 1.08 bits per heavy atom. The van der Waals surface area contributed by atoms with Crippen molar-refractivity contribution in [2.45, 2.75) is 11.2 Å². The van der Waals surface area contributed by atoms with E-state index < -0.39 is 29.2 Å². The second kappa shape index (κ2) is 10.4. The fourth-order valence-electron chi connectivity index (χ4n) is 3.85. The third kappa shape index (κ3) is 5.06. The number of carbonyl (C=O) groups is 2. The molecule has 2 aromatic carbocycles. The number of para-hydroxylation sites is 3. The van der Waals surface area contributed by atoms with E-state index >= 15 is 0 Å². The van der Waals surface area contributed by atoms with Gasteiger partial charge in [0.25, 0.3) is 17.5 Å². The summed E-state index contributed by atoms with van der Waals surface area (Å²) in [5, 5.41) is 13.9. The van der Waals surface area contributed by atoms with Crippen LogP contribution in [0.5, 0.6) is 5.75 Å². The lowest BCUT2D eigenvalue weighted by molar-refractivity contribution is -0.514. The number of alkyl halides is 3. The highest BCUT2D eigenvalue weighted by molar-refractivity contribution is 7.58. The number of anilines is 1. The van der Waals surface area contributed by atoms with Gasteiger partial charge in [0.2, 0.25) is 5.69 Å². The van der Waals surface area contributed by atoms with Gasteiger partial charge in [0.1, 0.15) is 0 Å². The SMILES string of the molecule is COc1ccccc1-n1c([S-])c(C(=O)Nc2ccccc2C(F)(F)F)[n+]2ccc(C(=O)NCCO)cc12. The van der Waals surface area contributed by atoms with Gasteiger partial charge in [0.05, 0.1) is 36.7 Å². The Morgan fingerprint density at radius 2 is 1.78 bits per heavy atom. The number of pyridine rings is 1. The zero-order valence-electron chi connectivity index (χ0n) is 19.4. The fourth-order valence-corrected chi connectivity index (χ4v) is 4.23. The predicted molar refractivity (Wildman–Crippen MR) is 130 cm³/mol. The number of benzene rings is 2. The first kappa shape index (κ1) is 25.9. The van der Waals surface area contributed by atoms with Crippen LogP contribution < -0.4 is 19.8 Å². The molecule has 4 aromatic rings. The van der Waals surface area contributed by atoms with E-state index in [4.69, 9.17) is 22.5 Å². The highest BCUT2D eigenvalue weighted by Crippen LogP contribution is 2.35. The third-order valence-corrected chi connectivity index (χ3v) is 5.87. The Labute approximate surface area is 214 Å². The van der Waals surface area contributed by atoms with Gasteiger partial charge in [-0.25, -0.2) is 4.57 Å². The van der Waals surface area contributed by atoms with Crippen LogP contribution in [0.25, 0.3) is 11.3 Å². The van der Waals surface area contributed by atoms with E-state index in [0.717, 1.165) is 12.1 Å². The number of ether oxygens (including phenoxy) is 1. The normalized spacial score (nSPS) is 11.4. The number of nitrogens with one attached hydrogen (secondary N) is 2. The zero-order valence-corrected chi connectivity index (χ0v) is 20.2. The first-order valence-electron chi connectivity index (χ1n) is 10.9. The van der Waals surface area contributed by atoms with Gasteiger partial charge in [-0.15, -0.1) is 0 Å². The average molecular weight is 531 g/mol. The zero-order chi connectivity index (χ0) is 26.7. The van der Waals surface area contributed by atoms with Gasteiger partial charge in [0, 0.05) is 17.6 Å². The molecule has 0 spiro atoms. The summed E-state index contributed by atoms with van der Waals surface area (Å²) in [5.74, 6) is -0.932. The van der Waals surface area contributed by atoms with E-state index in [-0.39, 0.29) is 29.4 Å². The number of halogens is 3. The summed E-state index contributed by atoms with van der Waals surface area (Å²) in [7, 11) is 1.45. The summed E-state index contributed by atoms with van der Waals surface area (Å²) in [6.07, 6.45) is -3.26. The van der Waals surface area contributed by atoms with Gasteiger partial charge < -0.3 is 33.1 Å². The van der Waals surface area contributed by atoms with Crippen molar-refractivity contribution >= 4 is 35.8 Å². The summed E-state index contributed by atoms with van der Waals surface area (Å²) in [6.45, 7) is -0.212. The van der Waals surface area contributed by atoms with E-state index in [0.29, 0.717) is 17.1 Å². The number of hydrogen-bond donors (Lipinski definition) is 3. The van der Waals surface area contributed by atoms with Crippen LogP contribution in [0.1, 0.15) is 26.4 Å². The lowest BCUT2D eigenvalue weighted by atomic mass is 10.1. The standard InChI is InChI=1S/C25H21F3N4O4S/c1-36-19-9-5-4-8-18(19)32-20-14-15(22(34)29-11-13-33)10-12-31(20)21(24(32)37)23(35)30-17-7-3-2-6-16(17)25(26,27)28/h2-10,12,14,33H,11,13H2,1H3,(H2-,29,30,34,35,37). The highest BCUT2D eigenvalue weighted by Gasteiger charge is 2.35. The van der Waals surface area contributed by atoms with Gasteiger partial charge in [-0.1, -0.05) is 24.3 Å². The van der Waals surface area contributed by atoms with Crippen molar-refractivity contribution in [1.29, 1.82) is 0 Å². The van der Waals surface area contributed by atoms with Crippen molar-refractivity contribution in [2.75, 3.05) is 25.6 Å². The molecule has 0 aliphatic heterocycles. The quantitative estimate of drug-likeness (QED) is 0.252. The second-order valence-electron chi connectivity index (χ2n) is 7.78. The van der Waals surface area contributed by atoms with Crippen molar-refractivity contribution in [2.24, 2.45) is 0 Å². The van der Waals surface area contributed by atoms with Crippen LogP contribution in [0.3, 0.4) is 0 Å². The second-order valence-corrected chi connectivity index (χ2v) is 8.17. The molecule has 0 aliphatic carbocycles. The number of aliphatic hydroxyl groups excluding tert-OH is 1. The maximum absolute atomic E-state index is 13.5. The smallest absolute Gasteiger partial charge is 0.418 e. The molecule has 0 fully saturated rings. The van der Waals surface area contributed by atoms with Crippen molar-refractivity contribution in [1.82, 2.24) is 9.88 Å². The number of fused-ring (bicyclic) bond motifs is 1. The monoisotopic (exact) mass is 530 g/mol. The number of amides is 2. The van der Waals surface area contributed by atoms with Crippen LogP contribution in [0.15, 0.2) is 71.9 Å². The summed E-state index contributed by atoms with van der Waals surface area (Å²) in [5.41, 5.74) is -0.582. The molecule has 37 heavy (non-hydrogen) atoms. The van der Waals surface area contributed by atoms with Gasteiger partial charge >= 0.3 is 6.18 Å². The Morgan fingerprint density at radius 3 is 2.49 bits per heavy atom. The molecule has 192 valence electrons. The highest BCUT2D eigenvalue weighted by atomic mass is 32.1. The number of aliphatic hydroxyl groups is 1. The molecule has 0 saturated heterocycles. The minimum atomic E-state index is -4.68. The van der Waals surface area contributed by atoms with E-state index in [1.165, 1.54) is 46.5 Å². The minimum absolute atomic E-state index is 0.0144. The molecule has 2 heterocycles. The number of imidazole rings is 1. The van der Waals surface area contributed by atoms with E-state index in [9.17, 15) is 22.8 Å². The Hall–Kier alpha value is -4.16. The molecule has 12 heteroatoms. The van der Waals surface area contributed by atoms with Crippen molar-refractivity contribution in [3.8, 4) is 11.4 Å². The van der Waals surface area contributed by atoms with E-state index in [2.05, 4.69) is 10.6 Å². The largest absolute Gasteiger partial charge is 0.732 e. The Balaban J connectivity index is 1.90. The maximum Gasteiger partial charge on any atom is 0.418 e. The Kier molecular flexibility index (Phi) is 7.32. The van der Waals surface area contributed by atoms with Gasteiger partial charge in [-0.3, -0.25) is 9.59 Å². The van der Waals surface area contributed by atoms with Crippen LogP contribution in [-0.2, 0) is 18.8 Å². The van der Waals surface area contributed by atoms with Crippen molar-refractivity contribution in [3.63, 3.8) is 0 Å². The van der Waals surface area contributed by atoms with E-state index in [1.807, 2.05) is 0 Å². The molecule has 2 amide bonds. The number of nitrogens with zero attached hydrogens (tertiary/aromatic N) is 2. The molecule has 2 aromatic heterocycles. The first-order valence-corrected chi connectivity index (χ1v) is 11.4.